The van der Waals surface area contributed by atoms with Crippen molar-refractivity contribution in [3.8, 4) is 0 Å². The zero-order chi connectivity index (χ0) is 13.0. The molecule has 92 valence electrons. The minimum absolute atomic E-state index is 0.107. The highest BCUT2D eigenvalue weighted by Gasteiger charge is 2.12. The molecule has 0 aliphatic carbocycles. The normalized spacial score (nSPS) is 10.1. The lowest BCUT2D eigenvalue weighted by atomic mass is 10.2. The van der Waals surface area contributed by atoms with E-state index in [0.717, 1.165) is 5.69 Å². The van der Waals surface area contributed by atoms with Crippen molar-refractivity contribution in [3.05, 3.63) is 59.1 Å². The summed E-state index contributed by atoms with van der Waals surface area (Å²) >= 11 is 5.76. The van der Waals surface area contributed by atoms with Gasteiger partial charge in [0, 0.05) is 25.0 Å². The lowest BCUT2D eigenvalue weighted by Gasteiger charge is -2.16. The van der Waals surface area contributed by atoms with Gasteiger partial charge < -0.3 is 4.90 Å². The van der Waals surface area contributed by atoms with E-state index < -0.39 is 0 Å². The Labute approximate surface area is 110 Å². The quantitative estimate of drug-likeness (QED) is 0.797. The summed E-state index contributed by atoms with van der Waals surface area (Å²) < 4.78 is 0. The second-order valence-corrected chi connectivity index (χ2v) is 4.24. The zero-order valence-electron chi connectivity index (χ0n) is 9.88. The van der Waals surface area contributed by atoms with Gasteiger partial charge in [-0.15, -0.1) is 0 Å². The first-order valence-electron chi connectivity index (χ1n) is 5.44. The molecule has 0 saturated heterocycles. The van der Waals surface area contributed by atoms with Gasteiger partial charge in [-0.3, -0.25) is 9.78 Å². The predicted molar refractivity (Wildman–Crippen MR) is 69.3 cm³/mol. The van der Waals surface area contributed by atoms with Crippen molar-refractivity contribution in [2.24, 2.45) is 0 Å². The molecule has 2 rings (SSSR count). The molecule has 4 nitrogen and oxygen atoms in total. The van der Waals surface area contributed by atoms with Gasteiger partial charge in [0.15, 0.2) is 0 Å². The molecule has 0 atom stereocenters. The third kappa shape index (κ3) is 3.05. The average Bonchev–Trinajstić information content (AvgIpc) is 2.39. The molecular formula is C13H12ClN3O. The van der Waals surface area contributed by atoms with Gasteiger partial charge in [-0.25, -0.2) is 4.98 Å². The SMILES string of the molecule is CN(Cc1ccccn1)C(=O)c1ccnc(Cl)c1. The van der Waals surface area contributed by atoms with Crippen molar-refractivity contribution >= 4 is 17.5 Å². The number of hydrogen-bond donors (Lipinski definition) is 0. The zero-order valence-corrected chi connectivity index (χ0v) is 10.6. The number of carbonyl (C=O) groups excluding carboxylic acids is 1. The number of pyridine rings is 2. The summed E-state index contributed by atoms with van der Waals surface area (Å²) in [6, 6.07) is 8.81. The molecule has 0 spiro atoms. The average molecular weight is 262 g/mol. The van der Waals surface area contributed by atoms with E-state index in [2.05, 4.69) is 9.97 Å². The summed E-state index contributed by atoms with van der Waals surface area (Å²) in [6.45, 7) is 0.458. The van der Waals surface area contributed by atoms with Crippen LogP contribution in [0.4, 0.5) is 0 Å². The van der Waals surface area contributed by atoms with Crippen LogP contribution in [0.5, 0.6) is 0 Å². The first-order valence-corrected chi connectivity index (χ1v) is 5.81. The van der Waals surface area contributed by atoms with Gasteiger partial charge in [0.2, 0.25) is 0 Å². The highest BCUT2D eigenvalue weighted by molar-refractivity contribution is 6.29. The topological polar surface area (TPSA) is 46.1 Å². The van der Waals surface area contributed by atoms with Crippen LogP contribution in [0, 0.1) is 0 Å². The van der Waals surface area contributed by atoms with Crippen LogP contribution in [0.3, 0.4) is 0 Å². The van der Waals surface area contributed by atoms with E-state index in [-0.39, 0.29) is 5.91 Å². The van der Waals surface area contributed by atoms with Crippen molar-refractivity contribution in [1.29, 1.82) is 0 Å². The molecule has 0 N–H and O–H groups in total. The van der Waals surface area contributed by atoms with E-state index in [4.69, 9.17) is 11.6 Å². The molecule has 0 aromatic carbocycles. The first-order chi connectivity index (χ1) is 8.66. The van der Waals surface area contributed by atoms with Crippen LogP contribution < -0.4 is 0 Å². The largest absolute Gasteiger partial charge is 0.336 e. The van der Waals surface area contributed by atoms with Crippen molar-refractivity contribution in [2.45, 2.75) is 6.54 Å². The third-order valence-electron chi connectivity index (χ3n) is 2.45. The van der Waals surface area contributed by atoms with Gasteiger partial charge in [0.1, 0.15) is 5.15 Å². The summed E-state index contributed by atoms with van der Waals surface area (Å²) in [7, 11) is 1.73. The first kappa shape index (κ1) is 12.5. The number of rotatable bonds is 3. The molecule has 1 amide bonds. The minimum Gasteiger partial charge on any atom is -0.336 e. The highest BCUT2D eigenvalue weighted by Crippen LogP contribution is 2.10. The number of nitrogens with zero attached hydrogens (tertiary/aromatic N) is 3. The van der Waals surface area contributed by atoms with Crippen LogP contribution in [0.15, 0.2) is 42.7 Å². The molecule has 0 saturated carbocycles. The second-order valence-electron chi connectivity index (χ2n) is 3.85. The fourth-order valence-corrected chi connectivity index (χ4v) is 1.74. The van der Waals surface area contributed by atoms with Crippen molar-refractivity contribution < 1.29 is 4.79 Å². The predicted octanol–water partition coefficient (Wildman–Crippen LogP) is 2.40. The standard InChI is InChI=1S/C13H12ClN3O/c1-17(9-11-4-2-3-6-15-11)13(18)10-5-7-16-12(14)8-10/h2-8H,9H2,1H3. The van der Waals surface area contributed by atoms with Crippen LogP contribution in [-0.4, -0.2) is 27.8 Å². The maximum absolute atomic E-state index is 12.1. The summed E-state index contributed by atoms with van der Waals surface area (Å²) in [5, 5.41) is 0.312. The van der Waals surface area contributed by atoms with Crippen LogP contribution in [0.1, 0.15) is 16.1 Å². The molecule has 5 heteroatoms. The number of carbonyl (C=O) groups is 1. The monoisotopic (exact) mass is 261 g/mol. The smallest absolute Gasteiger partial charge is 0.254 e. The Morgan fingerprint density at radius 1 is 1.28 bits per heavy atom. The summed E-state index contributed by atoms with van der Waals surface area (Å²) in [5.74, 6) is -0.107. The minimum atomic E-state index is -0.107. The number of aromatic nitrogens is 2. The van der Waals surface area contributed by atoms with Gasteiger partial charge in [0.25, 0.3) is 5.91 Å². The molecule has 0 aliphatic heterocycles. The van der Waals surface area contributed by atoms with E-state index in [1.807, 2.05) is 18.2 Å². The molecule has 2 aromatic rings. The maximum Gasteiger partial charge on any atom is 0.254 e. The molecule has 0 fully saturated rings. The second kappa shape index (κ2) is 5.60. The Bertz CT molecular complexity index is 545. The molecule has 0 unspecified atom stereocenters. The number of halogens is 1. The Morgan fingerprint density at radius 3 is 2.78 bits per heavy atom. The maximum atomic E-state index is 12.1. The van der Waals surface area contributed by atoms with Gasteiger partial charge in [-0.1, -0.05) is 17.7 Å². The molecule has 0 aliphatic rings. The number of amides is 1. The van der Waals surface area contributed by atoms with E-state index in [9.17, 15) is 4.79 Å². The van der Waals surface area contributed by atoms with Gasteiger partial charge in [-0.05, 0) is 24.3 Å². The summed E-state index contributed by atoms with van der Waals surface area (Å²) in [5.41, 5.74) is 1.36. The van der Waals surface area contributed by atoms with Gasteiger partial charge >= 0.3 is 0 Å². The van der Waals surface area contributed by atoms with Crippen LogP contribution in [-0.2, 0) is 6.54 Å². The van der Waals surface area contributed by atoms with Gasteiger partial charge in [0.05, 0.1) is 12.2 Å². The highest BCUT2D eigenvalue weighted by atomic mass is 35.5. The number of hydrogen-bond acceptors (Lipinski definition) is 3. The van der Waals surface area contributed by atoms with Crippen molar-refractivity contribution in [2.75, 3.05) is 7.05 Å². The Balaban J connectivity index is 2.10. The summed E-state index contributed by atoms with van der Waals surface area (Å²) in [4.78, 5) is 21.7. The fourth-order valence-electron chi connectivity index (χ4n) is 1.56. The molecule has 18 heavy (non-hydrogen) atoms. The van der Waals surface area contributed by atoms with Crippen LogP contribution in [0.25, 0.3) is 0 Å². The molecule has 0 bridgehead atoms. The van der Waals surface area contributed by atoms with E-state index in [1.165, 1.54) is 6.20 Å². The molecule has 2 heterocycles. The lowest BCUT2D eigenvalue weighted by molar-refractivity contribution is 0.0783. The third-order valence-corrected chi connectivity index (χ3v) is 2.65. The fraction of sp³-hybridized carbons (Fsp3) is 0.154. The van der Waals surface area contributed by atoms with E-state index in [1.54, 1.807) is 30.3 Å². The van der Waals surface area contributed by atoms with Gasteiger partial charge in [-0.2, -0.15) is 0 Å². The lowest BCUT2D eigenvalue weighted by Crippen LogP contribution is -2.26. The van der Waals surface area contributed by atoms with E-state index >= 15 is 0 Å². The van der Waals surface area contributed by atoms with Crippen molar-refractivity contribution in [3.63, 3.8) is 0 Å². The van der Waals surface area contributed by atoms with Crippen LogP contribution >= 0.6 is 11.6 Å². The van der Waals surface area contributed by atoms with Crippen LogP contribution in [0.2, 0.25) is 5.15 Å². The molecular weight excluding hydrogens is 250 g/mol. The Kier molecular flexibility index (Phi) is 3.89. The Morgan fingerprint density at radius 2 is 2.11 bits per heavy atom. The molecule has 0 radical (unpaired) electrons. The van der Waals surface area contributed by atoms with E-state index in [0.29, 0.717) is 17.3 Å². The Hall–Kier alpha value is -1.94. The van der Waals surface area contributed by atoms with Crippen molar-refractivity contribution in [1.82, 2.24) is 14.9 Å². The molecule has 2 aromatic heterocycles. The summed E-state index contributed by atoms with van der Waals surface area (Å²) in [6.07, 6.45) is 3.22.